The Morgan fingerprint density at radius 2 is 1.18 bits per heavy atom. The maximum Gasteiger partial charge on any atom is 0.132 e. The largest absolute Gasteiger partial charge is 0.256 e. The number of aromatic nitrogens is 1. The van der Waals surface area contributed by atoms with Crippen LogP contribution in [0, 0.1) is 38.4 Å². The van der Waals surface area contributed by atoms with Crippen molar-refractivity contribution < 1.29 is 4.39 Å². The van der Waals surface area contributed by atoms with Gasteiger partial charge in [0.2, 0.25) is 0 Å². The molecule has 1 heterocycles. The summed E-state index contributed by atoms with van der Waals surface area (Å²) < 4.78 is 15.4. The molecule has 40 heavy (non-hydrogen) atoms. The summed E-state index contributed by atoms with van der Waals surface area (Å²) in [6.45, 7) is 6.10. The van der Waals surface area contributed by atoms with E-state index >= 15 is 4.39 Å². The molecule has 1 nitrogen and oxygen atoms in total. The number of hydrogen-bond acceptors (Lipinski definition) is 1. The molecular weight excluding hydrogens is 489 g/mol. The minimum absolute atomic E-state index is 0.272. The van der Waals surface area contributed by atoms with Crippen molar-refractivity contribution in [1.29, 1.82) is 0 Å². The van der Waals surface area contributed by atoms with Gasteiger partial charge in [0.1, 0.15) is 5.82 Å². The monoisotopic (exact) mass is 517 g/mol. The molecule has 192 valence electrons. The van der Waals surface area contributed by atoms with E-state index in [4.69, 9.17) is 0 Å². The molecule has 6 aromatic rings. The van der Waals surface area contributed by atoms with Crippen LogP contribution >= 0.6 is 0 Å². The molecule has 0 spiro atoms. The number of aryl methyl sites for hydroxylation is 3. The molecule has 0 fully saturated rings. The van der Waals surface area contributed by atoms with Crippen molar-refractivity contribution in [2.75, 3.05) is 0 Å². The van der Waals surface area contributed by atoms with Gasteiger partial charge in [-0.1, -0.05) is 84.1 Å². The summed E-state index contributed by atoms with van der Waals surface area (Å²) in [7, 11) is 0. The number of halogens is 1. The Balaban J connectivity index is 1.25. The number of hydrogen-bond donors (Lipinski definition) is 0. The van der Waals surface area contributed by atoms with Crippen LogP contribution in [-0.2, 0) is 0 Å². The Kier molecular flexibility index (Phi) is 6.72. The first-order chi connectivity index (χ1) is 19.4. The standard InChI is InChI=1S/C38H28FN/c1-25-4-10-29(11-5-25)32-15-16-34-22-35(18-17-33(34)21-32)36-20-27(3)31(23-37(36)39)14-9-28-7-12-30(13-8-28)38-19-6-26(2)24-40-38/h4-8,10-13,15-24H,1-3H3. The van der Waals surface area contributed by atoms with Crippen molar-refractivity contribution in [2.24, 2.45) is 0 Å². The molecule has 5 aromatic carbocycles. The normalized spacial score (nSPS) is 10.8. The quantitative estimate of drug-likeness (QED) is 0.213. The first-order valence-electron chi connectivity index (χ1n) is 13.4. The van der Waals surface area contributed by atoms with E-state index in [0.29, 0.717) is 11.1 Å². The first-order valence-corrected chi connectivity index (χ1v) is 13.4. The summed E-state index contributed by atoms with van der Waals surface area (Å²) in [6, 6.07) is 36.6. The van der Waals surface area contributed by atoms with Crippen molar-refractivity contribution in [3.63, 3.8) is 0 Å². The van der Waals surface area contributed by atoms with Gasteiger partial charge in [-0.2, -0.15) is 0 Å². The van der Waals surface area contributed by atoms with Gasteiger partial charge in [0.15, 0.2) is 0 Å². The lowest BCUT2D eigenvalue weighted by Gasteiger charge is -2.10. The topological polar surface area (TPSA) is 12.9 Å². The fourth-order valence-electron chi connectivity index (χ4n) is 4.88. The summed E-state index contributed by atoms with van der Waals surface area (Å²) in [5, 5.41) is 2.21. The van der Waals surface area contributed by atoms with E-state index in [2.05, 4.69) is 84.4 Å². The van der Waals surface area contributed by atoms with Crippen LogP contribution in [0.5, 0.6) is 0 Å². The summed E-state index contributed by atoms with van der Waals surface area (Å²) in [4.78, 5) is 4.48. The van der Waals surface area contributed by atoms with Crippen LogP contribution in [0.15, 0.2) is 115 Å². The summed E-state index contributed by atoms with van der Waals surface area (Å²) >= 11 is 0. The van der Waals surface area contributed by atoms with Gasteiger partial charge in [-0.3, -0.25) is 4.98 Å². The molecule has 0 aliphatic rings. The molecule has 0 N–H and O–H groups in total. The third kappa shape index (κ3) is 5.28. The minimum Gasteiger partial charge on any atom is -0.256 e. The smallest absolute Gasteiger partial charge is 0.132 e. The van der Waals surface area contributed by atoms with E-state index in [1.54, 1.807) is 6.07 Å². The van der Waals surface area contributed by atoms with Crippen LogP contribution < -0.4 is 0 Å². The molecule has 0 aliphatic heterocycles. The molecule has 0 amide bonds. The first kappa shape index (κ1) is 25.3. The Morgan fingerprint density at radius 3 is 1.88 bits per heavy atom. The highest BCUT2D eigenvalue weighted by Gasteiger charge is 2.10. The van der Waals surface area contributed by atoms with Crippen molar-refractivity contribution >= 4 is 10.8 Å². The van der Waals surface area contributed by atoms with Crippen LogP contribution in [0.4, 0.5) is 4.39 Å². The zero-order valence-corrected chi connectivity index (χ0v) is 22.8. The third-order valence-electron chi connectivity index (χ3n) is 7.28. The summed E-state index contributed by atoms with van der Waals surface area (Å²) in [5.74, 6) is 6.08. The highest BCUT2D eigenvalue weighted by atomic mass is 19.1. The van der Waals surface area contributed by atoms with Gasteiger partial charge in [0.05, 0.1) is 5.69 Å². The number of fused-ring (bicyclic) bond motifs is 1. The molecule has 1 aromatic heterocycles. The van der Waals surface area contributed by atoms with E-state index in [9.17, 15) is 0 Å². The Labute approximate surface area is 235 Å². The van der Waals surface area contributed by atoms with Gasteiger partial charge >= 0.3 is 0 Å². The fraction of sp³-hybridized carbons (Fsp3) is 0.0789. The summed E-state index contributed by atoms with van der Waals surface area (Å²) in [5.41, 5.74) is 10.7. The second kappa shape index (κ2) is 10.6. The average Bonchev–Trinajstić information content (AvgIpc) is 2.98. The van der Waals surface area contributed by atoms with E-state index in [-0.39, 0.29) is 5.82 Å². The van der Waals surface area contributed by atoms with E-state index in [1.165, 1.54) is 16.7 Å². The van der Waals surface area contributed by atoms with E-state index in [1.807, 2.05) is 62.5 Å². The highest BCUT2D eigenvalue weighted by molar-refractivity contribution is 5.91. The van der Waals surface area contributed by atoms with Crippen LogP contribution in [0.2, 0.25) is 0 Å². The molecule has 6 rings (SSSR count). The highest BCUT2D eigenvalue weighted by Crippen LogP contribution is 2.31. The lowest BCUT2D eigenvalue weighted by molar-refractivity contribution is 0.630. The lowest BCUT2D eigenvalue weighted by atomic mass is 9.95. The molecule has 0 atom stereocenters. The van der Waals surface area contributed by atoms with Crippen molar-refractivity contribution in [3.05, 3.63) is 149 Å². The average molecular weight is 518 g/mol. The number of nitrogens with zero attached hydrogens (tertiary/aromatic N) is 1. The maximum atomic E-state index is 15.4. The van der Waals surface area contributed by atoms with Crippen molar-refractivity contribution in [3.8, 4) is 45.4 Å². The van der Waals surface area contributed by atoms with Crippen LogP contribution in [-0.4, -0.2) is 4.98 Å². The van der Waals surface area contributed by atoms with Crippen molar-refractivity contribution in [2.45, 2.75) is 20.8 Å². The van der Waals surface area contributed by atoms with Gasteiger partial charge in [-0.05, 0) is 102 Å². The summed E-state index contributed by atoms with van der Waals surface area (Å²) in [6.07, 6.45) is 1.87. The van der Waals surface area contributed by atoms with E-state index in [0.717, 1.165) is 44.3 Å². The minimum atomic E-state index is -0.272. The molecule has 0 saturated heterocycles. The maximum absolute atomic E-state index is 15.4. The number of pyridine rings is 1. The third-order valence-corrected chi connectivity index (χ3v) is 7.28. The zero-order valence-electron chi connectivity index (χ0n) is 22.8. The van der Waals surface area contributed by atoms with Crippen LogP contribution in [0.1, 0.15) is 27.8 Å². The molecule has 0 saturated carbocycles. The Morgan fingerprint density at radius 1 is 0.550 bits per heavy atom. The molecule has 2 heteroatoms. The number of benzene rings is 5. The van der Waals surface area contributed by atoms with Crippen LogP contribution in [0.3, 0.4) is 0 Å². The van der Waals surface area contributed by atoms with E-state index < -0.39 is 0 Å². The Hall–Kier alpha value is -5.00. The fourth-order valence-corrected chi connectivity index (χ4v) is 4.88. The SMILES string of the molecule is Cc1ccc(-c2ccc3cc(-c4cc(C)c(C#Cc5ccc(-c6ccc(C)cn6)cc5)cc4F)ccc3c2)cc1. The molecule has 0 aliphatic carbocycles. The number of rotatable bonds is 3. The molecule has 0 bridgehead atoms. The van der Waals surface area contributed by atoms with Gasteiger partial charge in [0.25, 0.3) is 0 Å². The van der Waals surface area contributed by atoms with Crippen LogP contribution in [0.25, 0.3) is 44.3 Å². The lowest BCUT2D eigenvalue weighted by Crippen LogP contribution is -1.91. The zero-order chi connectivity index (χ0) is 27.6. The molecule has 0 radical (unpaired) electrons. The second-order valence-electron chi connectivity index (χ2n) is 10.3. The second-order valence-corrected chi connectivity index (χ2v) is 10.3. The molecule has 0 unspecified atom stereocenters. The predicted octanol–water partition coefficient (Wildman–Crippen LogP) is 9.70. The molecular formula is C38H28FN. The van der Waals surface area contributed by atoms with Crippen molar-refractivity contribution in [1.82, 2.24) is 4.98 Å². The van der Waals surface area contributed by atoms with Gasteiger partial charge in [-0.25, -0.2) is 4.39 Å². The van der Waals surface area contributed by atoms with Gasteiger partial charge in [0, 0.05) is 28.5 Å². The Bertz CT molecular complexity index is 1900. The van der Waals surface area contributed by atoms with Gasteiger partial charge in [-0.15, -0.1) is 0 Å². The predicted molar refractivity (Wildman–Crippen MR) is 165 cm³/mol. The van der Waals surface area contributed by atoms with Gasteiger partial charge < -0.3 is 0 Å².